The molecule has 1 aromatic carbocycles. The van der Waals surface area contributed by atoms with Crippen LogP contribution in [0.2, 0.25) is 0 Å². The molecule has 0 saturated heterocycles. The van der Waals surface area contributed by atoms with Crippen LogP contribution in [0.5, 0.6) is 11.5 Å². The summed E-state index contributed by atoms with van der Waals surface area (Å²) in [7, 11) is -0.775. The van der Waals surface area contributed by atoms with Crippen LogP contribution in [-0.2, 0) is 16.5 Å². The summed E-state index contributed by atoms with van der Waals surface area (Å²) in [6.45, 7) is 0. The van der Waals surface area contributed by atoms with Gasteiger partial charge in [0, 0.05) is 16.5 Å². The number of ether oxygens (including phenoxy) is 1. The van der Waals surface area contributed by atoms with E-state index in [0.29, 0.717) is 11.5 Å². The number of benzene rings is 1. The third-order valence-corrected chi connectivity index (χ3v) is 1.62. The summed E-state index contributed by atoms with van der Waals surface area (Å²) in [6.07, 6.45) is 0. The van der Waals surface area contributed by atoms with Crippen LogP contribution in [0, 0.1) is 0 Å². The first kappa shape index (κ1) is 12.7. The van der Waals surface area contributed by atoms with E-state index in [1.165, 1.54) is 0 Å². The summed E-state index contributed by atoms with van der Waals surface area (Å²) >= 11 is 0. The standard InChI is InChI=1S/C7H9O4P.Ni/c1-10-6-2-4-7(5-3-6)11-12(8)9;/h2-5,8-9H,1H3;. The van der Waals surface area contributed by atoms with Crippen LogP contribution in [-0.4, -0.2) is 16.9 Å². The van der Waals surface area contributed by atoms with Gasteiger partial charge in [-0.1, -0.05) is 0 Å². The fraction of sp³-hybridized carbons (Fsp3) is 0.143. The first-order valence-corrected chi connectivity index (χ1v) is 4.39. The molecular formula is C7H9NiO4P. The van der Waals surface area contributed by atoms with Crippen molar-refractivity contribution < 1.29 is 35.5 Å². The molecule has 76 valence electrons. The molecule has 0 aliphatic carbocycles. The number of hydrogen-bond donors (Lipinski definition) is 2. The van der Waals surface area contributed by atoms with E-state index in [4.69, 9.17) is 14.5 Å². The molecule has 0 fully saturated rings. The average molecular weight is 247 g/mol. The van der Waals surface area contributed by atoms with Crippen molar-refractivity contribution in [1.82, 2.24) is 0 Å². The smallest absolute Gasteiger partial charge is 0.391 e. The normalized spacial score (nSPS) is 9.23. The maximum absolute atomic E-state index is 8.50. The molecule has 1 rings (SSSR count). The fourth-order valence-electron chi connectivity index (χ4n) is 0.731. The molecular weight excluding hydrogens is 238 g/mol. The average Bonchev–Trinajstić information content (AvgIpc) is 2.05. The number of methoxy groups -OCH3 is 1. The van der Waals surface area contributed by atoms with Crippen molar-refractivity contribution >= 4 is 8.60 Å². The maximum atomic E-state index is 8.50. The quantitative estimate of drug-likeness (QED) is 0.623. The molecule has 0 amide bonds. The van der Waals surface area contributed by atoms with E-state index in [-0.39, 0.29) is 16.5 Å². The van der Waals surface area contributed by atoms with Gasteiger partial charge in [0.1, 0.15) is 11.5 Å². The van der Waals surface area contributed by atoms with Gasteiger partial charge in [0.25, 0.3) is 0 Å². The Balaban J connectivity index is 0.00000144. The zero-order chi connectivity index (χ0) is 8.97. The Morgan fingerprint density at radius 2 is 1.54 bits per heavy atom. The van der Waals surface area contributed by atoms with Gasteiger partial charge < -0.3 is 19.0 Å². The van der Waals surface area contributed by atoms with Crippen LogP contribution >= 0.6 is 8.60 Å². The van der Waals surface area contributed by atoms with Crippen LogP contribution < -0.4 is 9.26 Å². The second-order valence-corrected chi connectivity index (χ2v) is 2.71. The minimum absolute atomic E-state index is 0. The summed E-state index contributed by atoms with van der Waals surface area (Å²) in [5.74, 6) is 1.11. The second-order valence-electron chi connectivity index (χ2n) is 2.02. The molecule has 1 aromatic rings. The second kappa shape index (κ2) is 6.17. The van der Waals surface area contributed by atoms with Gasteiger partial charge in [0.05, 0.1) is 7.11 Å². The van der Waals surface area contributed by atoms with Gasteiger partial charge in [0.15, 0.2) is 0 Å². The van der Waals surface area contributed by atoms with E-state index in [9.17, 15) is 0 Å². The molecule has 0 heterocycles. The van der Waals surface area contributed by atoms with Gasteiger partial charge in [-0.25, -0.2) is 0 Å². The molecule has 0 unspecified atom stereocenters. The van der Waals surface area contributed by atoms with E-state index in [0.717, 1.165) is 0 Å². The van der Waals surface area contributed by atoms with Crippen LogP contribution in [0.15, 0.2) is 24.3 Å². The molecule has 4 nitrogen and oxygen atoms in total. The molecule has 13 heavy (non-hydrogen) atoms. The van der Waals surface area contributed by atoms with Gasteiger partial charge in [-0.05, 0) is 24.3 Å². The largest absolute Gasteiger partial charge is 0.497 e. The molecule has 6 heteroatoms. The summed E-state index contributed by atoms with van der Waals surface area (Å²) in [4.78, 5) is 17.0. The Hall–Kier alpha value is -0.336. The van der Waals surface area contributed by atoms with E-state index in [1.54, 1.807) is 31.4 Å². The third-order valence-electron chi connectivity index (χ3n) is 1.25. The zero-order valence-electron chi connectivity index (χ0n) is 6.78. The van der Waals surface area contributed by atoms with E-state index in [1.807, 2.05) is 0 Å². The summed E-state index contributed by atoms with van der Waals surface area (Å²) < 4.78 is 9.53. The van der Waals surface area contributed by atoms with Crippen molar-refractivity contribution in [3.63, 3.8) is 0 Å². The minimum Gasteiger partial charge on any atom is -0.497 e. The van der Waals surface area contributed by atoms with Crippen LogP contribution in [0.1, 0.15) is 0 Å². The Labute approximate surface area is 87.4 Å². The minimum atomic E-state index is -2.33. The van der Waals surface area contributed by atoms with Crippen molar-refractivity contribution in [3.05, 3.63) is 24.3 Å². The van der Waals surface area contributed by atoms with Crippen molar-refractivity contribution in [2.45, 2.75) is 0 Å². The molecule has 0 aromatic heterocycles. The van der Waals surface area contributed by atoms with Gasteiger partial charge in [-0.2, -0.15) is 0 Å². The van der Waals surface area contributed by atoms with Crippen LogP contribution in [0.3, 0.4) is 0 Å². The van der Waals surface area contributed by atoms with Crippen molar-refractivity contribution in [3.8, 4) is 11.5 Å². The van der Waals surface area contributed by atoms with E-state index < -0.39 is 8.60 Å². The molecule has 2 N–H and O–H groups in total. The number of rotatable bonds is 3. The van der Waals surface area contributed by atoms with E-state index in [2.05, 4.69) is 4.52 Å². The summed E-state index contributed by atoms with van der Waals surface area (Å²) in [6, 6.07) is 6.55. The first-order chi connectivity index (χ1) is 5.72. The molecule has 0 spiro atoms. The maximum Gasteiger partial charge on any atom is 0.391 e. The van der Waals surface area contributed by atoms with Gasteiger partial charge in [-0.15, -0.1) is 0 Å². The van der Waals surface area contributed by atoms with E-state index >= 15 is 0 Å². The first-order valence-electron chi connectivity index (χ1n) is 3.22. The third kappa shape index (κ3) is 4.44. The van der Waals surface area contributed by atoms with Gasteiger partial charge >= 0.3 is 8.60 Å². The SMILES string of the molecule is COc1ccc(OP(O)O)cc1.[Ni]. The monoisotopic (exact) mass is 246 g/mol. The molecule has 0 aliphatic heterocycles. The number of hydrogen-bond acceptors (Lipinski definition) is 4. The summed E-state index contributed by atoms with van der Waals surface area (Å²) in [5, 5.41) is 0. The fourth-order valence-corrected chi connectivity index (χ4v) is 1.04. The summed E-state index contributed by atoms with van der Waals surface area (Å²) in [5.41, 5.74) is 0. The topological polar surface area (TPSA) is 58.9 Å². The predicted octanol–water partition coefficient (Wildman–Crippen LogP) is 1.28. The zero-order valence-corrected chi connectivity index (χ0v) is 8.67. The Bertz CT molecular complexity index is 239. The molecule has 0 aliphatic rings. The Kier molecular flexibility index (Phi) is 6.01. The molecule has 0 radical (unpaired) electrons. The molecule has 0 saturated carbocycles. The Morgan fingerprint density at radius 3 is 1.92 bits per heavy atom. The van der Waals surface area contributed by atoms with Crippen molar-refractivity contribution in [1.29, 1.82) is 0 Å². The van der Waals surface area contributed by atoms with Crippen molar-refractivity contribution in [2.24, 2.45) is 0 Å². The van der Waals surface area contributed by atoms with Gasteiger partial charge in [0.2, 0.25) is 0 Å². The Morgan fingerprint density at radius 1 is 1.08 bits per heavy atom. The molecule has 0 atom stereocenters. The molecule has 0 bridgehead atoms. The van der Waals surface area contributed by atoms with Crippen molar-refractivity contribution in [2.75, 3.05) is 7.11 Å². The van der Waals surface area contributed by atoms with Crippen LogP contribution in [0.25, 0.3) is 0 Å². The van der Waals surface area contributed by atoms with Crippen LogP contribution in [0.4, 0.5) is 0 Å². The van der Waals surface area contributed by atoms with Gasteiger partial charge in [-0.3, -0.25) is 0 Å². The predicted molar refractivity (Wildman–Crippen MR) is 45.0 cm³/mol.